The highest BCUT2D eigenvalue weighted by Crippen LogP contribution is 2.13. The third-order valence-electron chi connectivity index (χ3n) is 4.06. The van der Waals surface area contributed by atoms with Crippen molar-refractivity contribution >= 4 is 11.8 Å². The van der Waals surface area contributed by atoms with Crippen molar-refractivity contribution in [3.05, 3.63) is 0 Å². The fourth-order valence-corrected chi connectivity index (χ4v) is 2.85. The largest absolute Gasteiger partial charge is 0.353 e. The number of rotatable bonds is 3. The molecule has 0 aromatic rings. The summed E-state index contributed by atoms with van der Waals surface area (Å²) in [5.41, 5.74) is 0. The molecule has 19 heavy (non-hydrogen) atoms. The molecule has 2 unspecified atom stereocenters. The summed E-state index contributed by atoms with van der Waals surface area (Å²) < 4.78 is 0. The van der Waals surface area contributed by atoms with Gasteiger partial charge in [-0.2, -0.15) is 0 Å². The van der Waals surface area contributed by atoms with Gasteiger partial charge in [-0.05, 0) is 13.3 Å². The van der Waals surface area contributed by atoms with Gasteiger partial charge in [-0.3, -0.25) is 14.5 Å². The molecule has 2 rings (SSSR count). The van der Waals surface area contributed by atoms with Crippen molar-refractivity contribution in [3.63, 3.8) is 0 Å². The maximum absolute atomic E-state index is 12.6. The third kappa shape index (κ3) is 3.06. The summed E-state index contributed by atoms with van der Waals surface area (Å²) in [6.07, 6.45) is 0.672. The second kappa shape index (κ2) is 6.34. The Morgan fingerprint density at radius 2 is 2.00 bits per heavy atom. The molecule has 0 aliphatic carbocycles. The number of piperazine rings is 2. The molecule has 2 aliphatic rings. The van der Waals surface area contributed by atoms with Crippen molar-refractivity contribution in [1.82, 2.24) is 20.4 Å². The Labute approximate surface area is 114 Å². The van der Waals surface area contributed by atoms with Gasteiger partial charge in [-0.25, -0.2) is 0 Å². The summed E-state index contributed by atoms with van der Waals surface area (Å²) >= 11 is 0. The number of nitrogens with one attached hydrogen (secondary N) is 2. The van der Waals surface area contributed by atoms with E-state index in [1.807, 2.05) is 13.8 Å². The molecule has 2 heterocycles. The van der Waals surface area contributed by atoms with Gasteiger partial charge < -0.3 is 15.5 Å². The zero-order valence-electron chi connectivity index (χ0n) is 11.8. The van der Waals surface area contributed by atoms with Crippen LogP contribution in [-0.2, 0) is 9.59 Å². The minimum Gasteiger partial charge on any atom is -0.353 e. The first-order chi connectivity index (χ1) is 9.15. The van der Waals surface area contributed by atoms with Crippen molar-refractivity contribution in [2.75, 3.05) is 39.3 Å². The van der Waals surface area contributed by atoms with Crippen LogP contribution in [0.4, 0.5) is 0 Å². The molecule has 0 aromatic carbocycles. The topological polar surface area (TPSA) is 64.7 Å². The van der Waals surface area contributed by atoms with E-state index in [2.05, 4.69) is 15.5 Å². The zero-order valence-corrected chi connectivity index (χ0v) is 11.8. The van der Waals surface area contributed by atoms with Crippen LogP contribution in [-0.4, -0.2) is 73.0 Å². The van der Waals surface area contributed by atoms with E-state index >= 15 is 0 Å². The van der Waals surface area contributed by atoms with E-state index in [1.54, 1.807) is 4.90 Å². The second-order valence-electron chi connectivity index (χ2n) is 5.21. The molecule has 2 N–H and O–H groups in total. The Hall–Kier alpha value is -1.14. The number of nitrogens with zero attached hydrogens (tertiary/aromatic N) is 2. The summed E-state index contributed by atoms with van der Waals surface area (Å²) in [4.78, 5) is 28.4. The van der Waals surface area contributed by atoms with Gasteiger partial charge in [-0.15, -0.1) is 0 Å². The van der Waals surface area contributed by atoms with Crippen molar-refractivity contribution < 1.29 is 9.59 Å². The fourth-order valence-electron chi connectivity index (χ4n) is 2.85. The van der Waals surface area contributed by atoms with Crippen LogP contribution >= 0.6 is 0 Å². The smallest absolute Gasteiger partial charge is 0.242 e. The van der Waals surface area contributed by atoms with Gasteiger partial charge >= 0.3 is 0 Å². The van der Waals surface area contributed by atoms with Gasteiger partial charge in [-0.1, -0.05) is 6.92 Å². The second-order valence-corrected chi connectivity index (χ2v) is 5.21. The van der Waals surface area contributed by atoms with Crippen molar-refractivity contribution in [2.24, 2.45) is 0 Å². The lowest BCUT2D eigenvalue weighted by Gasteiger charge is -2.39. The standard InChI is InChI=1S/C13H24N4O2/c1-3-11-12(18)15-6-9-17(11)13(19)10(2)16-7-4-14-5-8-16/h10-11,14H,3-9H2,1-2H3,(H,15,18). The average molecular weight is 268 g/mol. The van der Waals surface area contributed by atoms with E-state index in [-0.39, 0.29) is 23.9 Å². The van der Waals surface area contributed by atoms with Crippen LogP contribution < -0.4 is 10.6 Å². The van der Waals surface area contributed by atoms with Crippen LogP contribution in [0.1, 0.15) is 20.3 Å². The molecule has 2 aliphatic heterocycles. The summed E-state index contributed by atoms with van der Waals surface area (Å²) in [7, 11) is 0. The molecule has 0 spiro atoms. The first-order valence-corrected chi connectivity index (χ1v) is 7.18. The lowest BCUT2D eigenvalue weighted by atomic mass is 10.1. The molecule has 2 fully saturated rings. The maximum atomic E-state index is 12.6. The Bertz CT molecular complexity index is 342. The van der Waals surface area contributed by atoms with E-state index in [4.69, 9.17) is 0 Å². The van der Waals surface area contributed by atoms with Crippen LogP contribution in [0.5, 0.6) is 0 Å². The maximum Gasteiger partial charge on any atom is 0.242 e. The predicted molar refractivity (Wildman–Crippen MR) is 72.7 cm³/mol. The monoisotopic (exact) mass is 268 g/mol. The zero-order chi connectivity index (χ0) is 13.8. The first kappa shape index (κ1) is 14.3. The predicted octanol–water partition coefficient (Wildman–Crippen LogP) is -0.983. The van der Waals surface area contributed by atoms with Gasteiger partial charge in [0.15, 0.2) is 0 Å². The van der Waals surface area contributed by atoms with E-state index in [9.17, 15) is 9.59 Å². The Morgan fingerprint density at radius 1 is 1.32 bits per heavy atom. The van der Waals surface area contributed by atoms with Gasteiger partial charge in [0.1, 0.15) is 6.04 Å². The summed E-state index contributed by atoms with van der Waals surface area (Å²) in [5, 5.41) is 6.11. The Kier molecular flexibility index (Phi) is 4.76. The lowest BCUT2D eigenvalue weighted by Crippen LogP contribution is -2.61. The quantitative estimate of drug-likeness (QED) is 0.690. The van der Waals surface area contributed by atoms with E-state index in [0.29, 0.717) is 19.5 Å². The summed E-state index contributed by atoms with van der Waals surface area (Å²) in [5.74, 6) is 0.0678. The molecule has 6 nitrogen and oxygen atoms in total. The Balaban J connectivity index is 2.02. The number of carbonyl (C=O) groups excluding carboxylic acids is 2. The first-order valence-electron chi connectivity index (χ1n) is 7.18. The molecule has 2 atom stereocenters. The van der Waals surface area contributed by atoms with Crippen LogP contribution in [0.15, 0.2) is 0 Å². The molecule has 2 amide bonds. The van der Waals surface area contributed by atoms with Crippen molar-refractivity contribution in [1.29, 1.82) is 0 Å². The van der Waals surface area contributed by atoms with Crippen LogP contribution in [0.25, 0.3) is 0 Å². The molecule has 0 saturated carbocycles. The summed E-state index contributed by atoms with van der Waals surface area (Å²) in [6.45, 7) is 8.73. The van der Waals surface area contributed by atoms with Crippen molar-refractivity contribution in [2.45, 2.75) is 32.4 Å². The van der Waals surface area contributed by atoms with Gasteiger partial charge in [0.2, 0.25) is 11.8 Å². The average Bonchev–Trinajstić information content (AvgIpc) is 2.46. The molecule has 2 saturated heterocycles. The lowest BCUT2D eigenvalue weighted by molar-refractivity contribution is -0.147. The Morgan fingerprint density at radius 3 is 2.63 bits per heavy atom. The molecule has 0 aromatic heterocycles. The SMILES string of the molecule is CCC1C(=O)NCCN1C(=O)C(C)N1CCNCC1. The van der Waals surface area contributed by atoms with Gasteiger partial charge in [0.05, 0.1) is 6.04 Å². The number of amides is 2. The number of hydrogen-bond acceptors (Lipinski definition) is 4. The third-order valence-corrected chi connectivity index (χ3v) is 4.06. The van der Waals surface area contributed by atoms with Gasteiger partial charge in [0.25, 0.3) is 0 Å². The minimum absolute atomic E-state index is 0.0189. The fraction of sp³-hybridized carbons (Fsp3) is 0.846. The van der Waals surface area contributed by atoms with Crippen LogP contribution in [0.3, 0.4) is 0 Å². The van der Waals surface area contributed by atoms with Crippen LogP contribution in [0.2, 0.25) is 0 Å². The minimum atomic E-state index is -0.299. The molecule has 0 radical (unpaired) electrons. The van der Waals surface area contributed by atoms with Crippen LogP contribution in [0, 0.1) is 0 Å². The normalized spacial score (nSPS) is 26.9. The molecule has 108 valence electrons. The van der Waals surface area contributed by atoms with E-state index < -0.39 is 0 Å². The highest BCUT2D eigenvalue weighted by Gasteiger charge is 2.35. The van der Waals surface area contributed by atoms with Crippen molar-refractivity contribution in [3.8, 4) is 0 Å². The number of hydrogen-bond donors (Lipinski definition) is 2. The number of carbonyl (C=O) groups is 2. The summed E-state index contributed by atoms with van der Waals surface area (Å²) in [6, 6.07) is -0.436. The molecule has 0 bridgehead atoms. The van der Waals surface area contributed by atoms with Gasteiger partial charge in [0, 0.05) is 39.3 Å². The molecular weight excluding hydrogens is 244 g/mol. The molecule has 6 heteroatoms. The van der Waals surface area contributed by atoms with E-state index in [0.717, 1.165) is 26.2 Å². The highest BCUT2D eigenvalue weighted by atomic mass is 16.2. The highest BCUT2D eigenvalue weighted by molar-refractivity contribution is 5.90. The molecular formula is C13H24N4O2. The van der Waals surface area contributed by atoms with E-state index in [1.165, 1.54) is 0 Å².